The van der Waals surface area contributed by atoms with E-state index in [1.54, 1.807) is 44.5 Å². The monoisotopic (exact) mass is 954 g/mol. The quantitative estimate of drug-likeness (QED) is 0.0824. The Morgan fingerprint density at radius 1 is 0.938 bits per heavy atom. The molecular formula is C46H52Cl2N4O12S. The number of aliphatic hydroxyl groups is 1. The number of carboxylic acid groups (broad SMARTS) is 3. The third kappa shape index (κ3) is 13.7. The van der Waals surface area contributed by atoms with Crippen LogP contribution in [0.3, 0.4) is 0 Å². The number of halogens is 2. The fourth-order valence-electron chi connectivity index (χ4n) is 7.66. The first kappa shape index (κ1) is 52.0. The van der Waals surface area contributed by atoms with Gasteiger partial charge in [0.25, 0.3) is 5.91 Å². The second kappa shape index (κ2) is 23.5. The first-order valence-corrected chi connectivity index (χ1v) is 22.6. The number of nitriles is 1. The number of fused-ring (bicyclic) bond motifs is 1. The number of ether oxygens (including phenoxy) is 2. The van der Waals surface area contributed by atoms with E-state index in [1.165, 1.54) is 12.0 Å². The van der Waals surface area contributed by atoms with Gasteiger partial charge in [-0.05, 0) is 96.6 Å². The molecule has 2 atom stereocenters. The Hall–Kier alpha value is -5.61. The van der Waals surface area contributed by atoms with Crippen molar-refractivity contribution in [1.82, 2.24) is 14.7 Å². The van der Waals surface area contributed by atoms with Crippen molar-refractivity contribution in [3.8, 4) is 17.6 Å². The number of aliphatic carboxylic acids is 3. The van der Waals surface area contributed by atoms with E-state index in [-0.39, 0.29) is 47.7 Å². The minimum Gasteiger partial charge on any atom is -0.612 e. The minimum absolute atomic E-state index is 0.174. The first-order valence-electron chi connectivity index (χ1n) is 20.3. The van der Waals surface area contributed by atoms with Crippen LogP contribution >= 0.6 is 23.2 Å². The molecule has 0 bridgehead atoms. The molecule has 348 valence electrons. The normalized spacial score (nSPS) is 14.0. The number of benzene rings is 4. The van der Waals surface area contributed by atoms with Crippen LogP contribution in [0.15, 0.2) is 71.6 Å². The van der Waals surface area contributed by atoms with Gasteiger partial charge in [-0.25, -0.2) is 4.79 Å². The van der Waals surface area contributed by atoms with Crippen molar-refractivity contribution in [2.24, 2.45) is 0 Å². The number of likely N-dealkylation sites (N-methyl/N-ethyl adjacent to an activating group) is 1. The topological polar surface area (TPSA) is 241 Å². The van der Waals surface area contributed by atoms with E-state index in [9.17, 15) is 33.8 Å². The summed E-state index contributed by atoms with van der Waals surface area (Å²) in [4.78, 5) is 64.7. The number of likely N-dealkylation sites (tertiary alicyclic amines) is 1. The maximum absolute atomic E-state index is 14.7. The highest BCUT2D eigenvalue weighted by Gasteiger charge is 2.41. The molecule has 4 aromatic rings. The number of rotatable bonds is 18. The van der Waals surface area contributed by atoms with Crippen molar-refractivity contribution in [1.29, 1.82) is 5.26 Å². The summed E-state index contributed by atoms with van der Waals surface area (Å²) in [6.45, 7) is 2.48. The lowest BCUT2D eigenvalue weighted by molar-refractivity contribution is -0.170. The molecule has 2 amide bonds. The van der Waals surface area contributed by atoms with Crippen molar-refractivity contribution in [2.75, 3.05) is 67.3 Å². The summed E-state index contributed by atoms with van der Waals surface area (Å²) < 4.78 is 23.7. The van der Waals surface area contributed by atoms with Crippen LogP contribution < -0.4 is 9.47 Å². The molecule has 0 spiro atoms. The lowest BCUT2D eigenvalue weighted by Gasteiger charge is -2.34. The molecule has 0 aromatic heterocycles. The molecule has 1 heterocycles. The van der Waals surface area contributed by atoms with Crippen LogP contribution in [0.4, 0.5) is 0 Å². The van der Waals surface area contributed by atoms with E-state index in [1.807, 2.05) is 54.6 Å². The van der Waals surface area contributed by atoms with Crippen molar-refractivity contribution in [3.05, 3.63) is 99.0 Å². The number of nitrogens with zero attached hydrogens (tertiary/aromatic N) is 4. The Kier molecular flexibility index (Phi) is 18.8. The summed E-state index contributed by atoms with van der Waals surface area (Å²) in [5, 5.41) is 46.0. The molecule has 1 aliphatic rings. The van der Waals surface area contributed by atoms with Gasteiger partial charge < -0.3 is 49.2 Å². The fourth-order valence-corrected chi connectivity index (χ4v) is 8.82. The maximum atomic E-state index is 14.7. The standard InChI is InChI=1S/C40H44Cl2N4O5S.C6H8O7/c1-44(2)37(47)25-46(40(48)38-33-9-7-6-8-28(33)20-30(23-43)39(38)51-4)24-29(27-10-13-34(41)35(42)21-27)16-19-45-17-14-26(15-18-45)32-12-11-31(50-3)22-36(32)52(5)49;7-3(8)1-6(13,5(11)12)2-4(9)10/h6-13,20-22,26,29H,14-19,24-25H2,1-5H3;13H,1-2H2,(H,7,8)(H,9,10)(H,11,12)/t29-,52+;/m1./s1. The van der Waals surface area contributed by atoms with Gasteiger partial charge in [0, 0.05) is 38.2 Å². The SMILES string of the molecule is COc1ccc(C2CCN(CC[C@H](CN(CC(=O)N(C)C)C(=O)c3c(OC)c(C#N)cc4ccccc34)c3ccc(Cl)c(Cl)c3)CC2)c([S@+](C)[O-])c1.O=C(O)CC(O)(CC(=O)O)C(=O)O. The van der Waals surface area contributed by atoms with Gasteiger partial charge in [0.05, 0.1) is 48.2 Å². The fraction of sp³-hybridized carbons (Fsp3) is 0.391. The highest BCUT2D eigenvalue weighted by atomic mass is 35.5. The summed E-state index contributed by atoms with van der Waals surface area (Å²) in [6, 6.07) is 22.6. The van der Waals surface area contributed by atoms with Crippen LogP contribution in [0.2, 0.25) is 10.0 Å². The lowest BCUT2D eigenvalue weighted by Crippen LogP contribution is -2.43. The molecule has 5 rings (SSSR count). The summed E-state index contributed by atoms with van der Waals surface area (Å²) in [5.74, 6) is -4.72. The van der Waals surface area contributed by atoms with Gasteiger partial charge in [-0.1, -0.05) is 59.6 Å². The smallest absolute Gasteiger partial charge is 0.336 e. The van der Waals surface area contributed by atoms with Crippen molar-refractivity contribution >= 4 is 74.9 Å². The summed E-state index contributed by atoms with van der Waals surface area (Å²) in [5.41, 5.74) is -0.254. The Morgan fingerprint density at radius 3 is 2.12 bits per heavy atom. The van der Waals surface area contributed by atoms with Gasteiger partial charge in [0.1, 0.15) is 30.4 Å². The molecule has 19 heteroatoms. The maximum Gasteiger partial charge on any atom is 0.336 e. The van der Waals surface area contributed by atoms with Crippen LogP contribution in [-0.4, -0.2) is 142 Å². The number of hydrogen-bond donors (Lipinski definition) is 4. The number of methoxy groups -OCH3 is 2. The van der Waals surface area contributed by atoms with Crippen LogP contribution in [-0.2, 0) is 30.4 Å². The minimum atomic E-state index is -2.74. The molecule has 0 saturated carbocycles. The second-order valence-electron chi connectivity index (χ2n) is 15.7. The lowest BCUT2D eigenvalue weighted by atomic mass is 9.88. The zero-order chi connectivity index (χ0) is 48.2. The van der Waals surface area contributed by atoms with Crippen LogP contribution in [0, 0.1) is 11.3 Å². The van der Waals surface area contributed by atoms with Gasteiger partial charge in [-0.2, -0.15) is 5.26 Å². The first-order chi connectivity index (χ1) is 30.7. The summed E-state index contributed by atoms with van der Waals surface area (Å²) in [7, 11) is 6.37. The van der Waals surface area contributed by atoms with Crippen molar-refractivity contribution in [3.63, 3.8) is 0 Å². The van der Waals surface area contributed by atoms with Crippen LogP contribution in [0.5, 0.6) is 11.5 Å². The van der Waals surface area contributed by atoms with Gasteiger partial charge in [-0.3, -0.25) is 19.2 Å². The number of hydrogen-bond acceptors (Lipinski definition) is 11. The second-order valence-corrected chi connectivity index (χ2v) is 17.9. The zero-order valence-electron chi connectivity index (χ0n) is 36.6. The van der Waals surface area contributed by atoms with Crippen molar-refractivity contribution < 1.29 is 58.4 Å². The van der Waals surface area contributed by atoms with E-state index < -0.39 is 53.4 Å². The van der Waals surface area contributed by atoms with E-state index in [4.69, 9.17) is 53.1 Å². The number of carbonyl (C=O) groups excluding carboxylic acids is 2. The molecule has 1 saturated heterocycles. The molecule has 0 unspecified atom stereocenters. The average molecular weight is 956 g/mol. The Morgan fingerprint density at radius 2 is 1.58 bits per heavy atom. The summed E-state index contributed by atoms with van der Waals surface area (Å²) >= 11 is 11.7. The predicted octanol–water partition coefficient (Wildman–Crippen LogP) is 6.11. The van der Waals surface area contributed by atoms with Gasteiger partial charge >= 0.3 is 17.9 Å². The predicted molar refractivity (Wildman–Crippen MR) is 244 cm³/mol. The highest BCUT2D eigenvalue weighted by molar-refractivity contribution is 7.90. The Balaban J connectivity index is 0.000000617. The number of piperidine rings is 1. The van der Waals surface area contributed by atoms with Gasteiger partial charge in [0.15, 0.2) is 10.5 Å². The largest absolute Gasteiger partial charge is 0.612 e. The van der Waals surface area contributed by atoms with E-state index >= 15 is 0 Å². The highest BCUT2D eigenvalue weighted by Crippen LogP contribution is 2.37. The van der Waals surface area contributed by atoms with Gasteiger partial charge in [0.2, 0.25) is 5.91 Å². The molecule has 65 heavy (non-hydrogen) atoms. The number of carboxylic acids is 3. The molecule has 1 fully saturated rings. The molecule has 16 nitrogen and oxygen atoms in total. The molecule has 0 radical (unpaired) electrons. The molecule has 0 aliphatic carbocycles. The Labute approximate surface area is 390 Å². The number of amides is 2. The summed E-state index contributed by atoms with van der Waals surface area (Å²) in [6.07, 6.45) is 1.92. The molecule has 1 aliphatic heterocycles. The van der Waals surface area contributed by atoms with E-state index in [2.05, 4.69) is 11.0 Å². The third-order valence-electron chi connectivity index (χ3n) is 11.1. The van der Waals surface area contributed by atoms with Gasteiger partial charge in [-0.15, -0.1) is 0 Å². The zero-order valence-corrected chi connectivity index (χ0v) is 38.9. The van der Waals surface area contributed by atoms with E-state index in [0.717, 1.165) is 53.9 Å². The third-order valence-corrected chi connectivity index (χ3v) is 12.9. The average Bonchev–Trinajstić information content (AvgIpc) is 3.26. The van der Waals surface area contributed by atoms with Crippen LogP contribution in [0.1, 0.15) is 71.0 Å². The Bertz CT molecular complexity index is 2400. The number of carbonyl (C=O) groups is 5. The van der Waals surface area contributed by atoms with Crippen LogP contribution in [0.25, 0.3) is 10.8 Å². The molecule has 4 N–H and O–H groups in total. The molecular weight excluding hydrogens is 903 g/mol. The van der Waals surface area contributed by atoms with Crippen molar-refractivity contribution in [2.45, 2.75) is 54.4 Å². The van der Waals surface area contributed by atoms with E-state index in [0.29, 0.717) is 27.6 Å². The molecule has 4 aromatic carbocycles.